The van der Waals surface area contributed by atoms with Crippen LogP contribution < -0.4 is 10.6 Å². The molecule has 0 saturated carbocycles. The van der Waals surface area contributed by atoms with E-state index < -0.39 is 0 Å². The van der Waals surface area contributed by atoms with Crippen molar-refractivity contribution in [3.05, 3.63) is 58.1 Å². The molecule has 2 N–H and O–H groups in total. The first-order valence-electron chi connectivity index (χ1n) is 6.30. The lowest BCUT2D eigenvalue weighted by Crippen LogP contribution is -2.18. The minimum absolute atomic E-state index is 0.346. The Hall–Kier alpha value is -1.58. The minimum Gasteiger partial charge on any atom is -0.389 e. The average Bonchev–Trinajstić information content (AvgIpc) is 2.37. The maximum absolute atomic E-state index is 6.03. The van der Waals surface area contributed by atoms with Gasteiger partial charge in [0.25, 0.3) is 0 Å². The molecule has 0 spiro atoms. The molecule has 0 heterocycles. The molecule has 0 aromatic heterocycles. The van der Waals surface area contributed by atoms with Crippen molar-refractivity contribution >= 4 is 40.2 Å². The first-order chi connectivity index (χ1) is 9.40. The zero-order chi connectivity index (χ0) is 14.9. The number of halogens is 1. The van der Waals surface area contributed by atoms with Crippen molar-refractivity contribution in [1.29, 1.82) is 0 Å². The first kappa shape index (κ1) is 14.8. The highest BCUT2D eigenvalue weighted by Crippen LogP contribution is 2.31. The summed E-state index contributed by atoms with van der Waals surface area (Å²) in [5, 5.41) is 0.630. The summed E-state index contributed by atoms with van der Waals surface area (Å²) in [6, 6.07) is 11.9. The second-order valence-corrected chi connectivity index (χ2v) is 5.75. The topological polar surface area (TPSA) is 29.3 Å². The summed E-state index contributed by atoms with van der Waals surface area (Å²) in [5.74, 6) is 0. The maximum Gasteiger partial charge on any atom is 0.106 e. The predicted molar refractivity (Wildman–Crippen MR) is 91.3 cm³/mol. The zero-order valence-electron chi connectivity index (χ0n) is 11.8. The molecule has 0 amide bonds. The van der Waals surface area contributed by atoms with Gasteiger partial charge in [0.2, 0.25) is 0 Å². The molecule has 0 unspecified atom stereocenters. The van der Waals surface area contributed by atoms with Crippen molar-refractivity contribution in [2.24, 2.45) is 5.73 Å². The van der Waals surface area contributed by atoms with Crippen molar-refractivity contribution in [1.82, 2.24) is 0 Å². The Balaban J connectivity index is 2.53. The molecule has 0 bridgehead atoms. The Kier molecular flexibility index (Phi) is 4.31. The Labute approximate surface area is 130 Å². The second kappa shape index (κ2) is 5.81. The van der Waals surface area contributed by atoms with Crippen LogP contribution in [0.2, 0.25) is 5.02 Å². The van der Waals surface area contributed by atoms with Gasteiger partial charge in [0.05, 0.1) is 5.69 Å². The van der Waals surface area contributed by atoms with Gasteiger partial charge in [-0.05, 0) is 43.7 Å². The van der Waals surface area contributed by atoms with E-state index in [0.717, 1.165) is 16.9 Å². The van der Waals surface area contributed by atoms with Crippen LogP contribution in [-0.4, -0.2) is 12.0 Å². The number of benzene rings is 2. The number of hydrogen-bond acceptors (Lipinski definition) is 2. The van der Waals surface area contributed by atoms with Crippen LogP contribution in [-0.2, 0) is 0 Å². The van der Waals surface area contributed by atoms with Crippen molar-refractivity contribution in [3.63, 3.8) is 0 Å². The number of nitrogens with two attached hydrogens (primary N) is 1. The van der Waals surface area contributed by atoms with Gasteiger partial charge in [-0.1, -0.05) is 41.5 Å². The molecule has 4 heteroatoms. The fourth-order valence-corrected chi connectivity index (χ4v) is 2.65. The molecule has 2 nitrogen and oxygen atoms in total. The van der Waals surface area contributed by atoms with Crippen molar-refractivity contribution in [2.75, 3.05) is 11.9 Å². The number of hydrogen-bond donors (Lipinski definition) is 1. The third kappa shape index (κ3) is 2.94. The molecule has 0 saturated heterocycles. The zero-order valence-corrected chi connectivity index (χ0v) is 13.3. The van der Waals surface area contributed by atoms with Gasteiger partial charge in [-0.2, -0.15) is 0 Å². The predicted octanol–water partition coefficient (Wildman–Crippen LogP) is 4.36. The lowest BCUT2D eigenvalue weighted by molar-refractivity contribution is 1.17. The lowest BCUT2D eigenvalue weighted by atomic mass is 10.1. The van der Waals surface area contributed by atoms with E-state index in [0.29, 0.717) is 10.0 Å². The van der Waals surface area contributed by atoms with Crippen LogP contribution in [0.15, 0.2) is 36.4 Å². The lowest BCUT2D eigenvalue weighted by Gasteiger charge is -2.24. The van der Waals surface area contributed by atoms with Gasteiger partial charge >= 0.3 is 0 Å². The molecule has 0 radical (unpaired) electrons. The van der Waals surface area contributed by atoms with Gasteiger partial charge in [-0.3, -0.25) is 0 Å². The quantitative estimate of drug-likeness (QED) is 0.854. The molecule has 0 aliphatic carbocycles. The first-order valence-corrected chi connectivity index (χ1v) is 7.09. The summed E-state index contributed by atoms with van der Waals surface area (Å²) in [6.45, 7) is 4.18. The number of aryl methyl sites for hydroxylation is 2. The molecule has 0 aliphatic rings. The molecule has 0 atom stereocenters. The van der Waals surface area contributed by atoms with E-state index >= 15 is 0 Å². The number of rotatable bonds is 3. The molecule has 2 aromatic carbocycles. The summed E-state index contributed by atoms with van der Waals surface area (Å²) in [4.78, 5) is 2.43. The van der Waals surface area contributed by atoms with E-state index in [2.05, 4.69) is 36.9 Å². The normalized spacial score (nSPS) is 10.4. The van der Waals surface area contributed by atoms with Crippen molar-refractivity contribution < 1.29 is 0 Å². The fourth-order valence-electron chi connectivity index (χ4n) is 2.31. The highest BCUT2D eigenvalue weighted by atomic mass is 35.5. The van der Waals surface area contributed by atoms with E-state index in [4.69, 9.17) is 29.6 Å². The molecular weight excluding hydrogens is 288 g/mol. The van der Waals surface area contributed by atoms with E-state index in [-0.39, 0.29) is 0 Å². The Morgan fingerprint density at radius 3 is 2.35 bits per heavy atom. The van der Waals surface area contributed by atoms with Crippen molar-refractivity contribution in [2.45, 2.75) is 13.8 Å². The van der Waals surface area contributed by atoms with Gasteiger partial charge in [-0.15, -0.1) is 0 Å². The standard InChI is InChI=1S/C16H17ClN2S/c1-10-4-6-14(11(2)8-10)19(3)15-7-5-12(17)9-13(15)16(18)20/h4-9H,1-3H3,(H2,18,20). The Bertz CT molecular complexity index is 668. The van der Waals surface area contributed by atoms with E-state index in [1.54, 1.807) is 6.07 Å². The van der Waals surface area contributed by atoms with Crippen LogP contribution in [0.4, 0.5) is 11.4 Å². The summed E-state index contributed by atoms with van der Waals surface area (Å²) >= 11 is 11.2. The van der Waals surface area contributed by atoms with Crippen LogP contribution in [0.25, 0.3) is 0 Å². The molecule has 20 heavy (non-hydrogen) atoms. The summed E-state index contributed by atoms with van der Waals surface area (Å²) in [6.07, 6.45) is 0. The molecule has 0 aliphatic heterocycles. The van der Waals surface area contributed by atoms with Crippen LogP contribution in [0.1, 0.15) is 16.7 Å². The summed E-state index contributed by atoms with van der Waals surface area (Å²) in [7, 11) is 2.00. The summed E-state index contributed by atoms with van der Waals surface area (Å²) in [5.41, 5.74) is 11.1. The van der Waals surface area contributed by atoms with Crippen LogP contribution in [0, 0.1) is 13.8 Å². The van der Waals surface area contributed by atoms with Gasteiger partial charge in [0.15, 0.2) is 0 Å². The third-order valence-electron chi connectivity index (χ3n) is 3.30. The van der Waals surface area contributed by atoms with E-state index in [1.807, 2.05) is 19.2 Å². The summed E-state index contributed by atoms with van der Waals surface area (Å²) < 4.78 is 0. The van der Waals surface area contributed by atoms with Gasteiger partial charge in [0.1, 0.15) is 4.99 Å². The monoisotopic (exact) mass is 304 g/mol. The molecule has 0 fully saturated rings. The average molecular weight is 305 g/mol. The number of nitrogens with zero attached hydrogens (tertiary/aromatic N) is 1. The Morgan fingerprint density at radius 2 is 1.75 bits per heavy atom. The van der Waals surface area contributed by atoms with Crippen LogP contribution >= 0.6 is 23.8 Å². The molecular formula is C16H17ClN2S. The van der Waals surface area contributed by atoms with Crippen LogP contribution in [0.5, 0.6) is 0 Å². The minimum atomic E-state index is 0.346. The Morgan fingerprint density at radius 1 is 1.10 bits per heavy atom. The van der Waals surface area contributed by atoms with Gasteiger partial charge < -0.3 is 10.6 Å². The fraction of sp³-hybridized carbons (Fsp3) is 0.188. The van der Waals surface area contributed by atoms with Gasteiger partial charge in [0, 0.05) is 23.3 Å². The smallest absolute Gasteiger partial charge is 0.106 e. The molecule has 104 valence electrons. The SMILES string of the molecule is Cc1ccc(N(C)c2ccc(Cl)cc2C(N)=S)c(C)c1. The van der Waals surface area contributed by atoms with E-state index in [9.17, 15) is 0 Å². The molecule has 2 aromatic rings. The maximum atomic E-state index is 6.03. The largest absolute Gasteiger partial charge is 0.389 e. The highest BCUT2D eigenvalue weighted by molar-refractivity contribution is 7.80. The van der Waals surface area contributed by atoms with E-state index in [1.165, 1.54) is 11.1 Å². The number of anilines is 2. The van der Waals surface area contributed by atoms with Crippen LogP contribution in [0.3, 0.4) is 0 Å². The third-order valence-corrected chi connectivity index (χ3v) is 3.75. The van der Waals surface area contributed by atoms with Crippen molar-refractivity contribution in [3.8, 4) is 0 Å². The molecule has 2 rings (SSSR count). The number of thiocarbonyl (C=S) groups is 1. The second-order valence-electron chi connectivity index (χ2n) is 4.87. The highest BCUT2D eigenvalue weighted by Gasteiger charge is 2.13. The van der Waals surface area contributed by atoms with Gasteiger partial charge in [-0.25, -0.2) is 0 Å².